The molecule has 1 N–H and O–H groups in total. The van der Waals surface area contributed by atoms with Gasteiger partial charge in [-0.15, -0.1) is 0 Å². The topological polar surface area (TPSA) is 153 Å². The predicted molar refractivity (Wildman–Crippen MR) is 257 cm³/mol. The number of carbonyl (C=O) groups is 3. The summed E-state index contributed by atoms with van der Waals surface area (Å²) in [7, 11) is 1.59. The number of fused-ring (bicyclic) bond motifs is 1. The number of anilines is 2. The highest BCUT2D eigenvalue weighted by molar-refractivity contribution is 6.18. The van der Waals surface area contributed by atoms with Gasteiger partial charge in [-0.2, -0.15) is 0 Å². The molecule has 3 aromatic carbocycles. The monoisotopic (exact) mass is 932 g/mol. The Balaban J connectivity index is 0.644. The first-order chi connectivity index (χ1) is 33.2. The molecule has 0 bridgehead atoms. The number of hydrogen-bond acceptors (Lipinski definition) is 13. The Morgan fingerprint density at radius 3 is 2.46 bits per heavy atom. The Hall–Kier alpha value is -5.94. The Morgan fingerprint density at radius 1 is 0.868 bits per heavy atom. The molecule has 6 aliphatic rings. The van der Waals surface area contributed by atoms with Crippen LogP contribution in [0.1, 0.15) is 44.6 Å². The minimum atomic E-state index is -0.446. The molecule has 3 amide bonds. The Bertz CT molecular complexity index is 2350. The molecule has 3 heterocycles. The number of nitrogens with one attached hydrogen (secondary N) is 1. The summed E-state index contributed by atoms with van der Waals surface area (Å²) in [6.07, 6.45) is 11.8. The van der Waals surface area contributed by atoms with E-state index in [0.29, 0.717) is 119 Å². The van der Waals surface area contributed by atoms with Crippen LogP contribution in [-0.4, -0.2) is 149 Å². The van der Waals surface area contributed by atoms with E-state index in [1.807, 2.05) is 97.6 Å². The molecule has 68 heavy (non-hydrogen) atoms. The van der Waals surface area contributed by atoms with Crippen LogP contribution in [0.5, 0.6) is 23.0 Å². The Labute approximate surface area is 398 Å². The first kappa shape index (κ1) is 47.1. The molecule has 1 spiro atoms. The zero-order valence-electron chi connectivity index (χ0n) is 39.4. The molecule has 2 saturated heterocycles. The largest absolute Gasteiger partial charge is 0.495 e. The first-order valence-corrected chi connectivity index (χ1v) is 24.1. The van der Waals surface area contributed by atoms with Crippen LogP contribution in [0.3, 0.4) is 0 Å². The van der Waals surface area contributed by atoms with Crippen LogP contribution in [0.25, 0.3) is 0 Å². The second-order valence-corrected chi connectivity index (χ2v) is 18.3. The van der Waals surface area contributed by atoms with Crippen molar-refractivity contribution in [1.29, 1.82) is 0 Å². The number of aryl methyl sites for hydroxylation is 1. The van der Waals surface area contributed by atoms with Gasteiger partial charge >= 0.3 is 6.09 Å². The number of methoxy groups -OCH3 is 1. The second kappa shape index (κ2) is 21.6. The predicted octanol–water partition coefficient (Wildman–Crippen LogP) is 6.49. The fraction of sp³-hybridized carbons (Fsp3) is 0.500. The van der Waals surface area contributed by atoms with Crippen molar-refractivity contribution in [2.75, 3.05) is 96.4 Å². The second-order valence-electron chi connectivity index (χ2n) is 18.3. The zero-order chi connectivity index (χ0) is 47.0. The van der Waals surface area contributed by atoms with Gasteiger partial charge in [-0.3, -0.25) is 34.6 Å². The van der Waals surface area contributed by atoms with Crippen LogP contribution in [0.15, 0.2) is 96.0 Å². The number of aliphatic imine (C=N–C) groups is 1. The molecule has 362 valence electrons. The minimum Gasteiger partial charge on any atom is -0.495 e. The average Bonchev–Trinajstić information content (AvgIpc) is 3.86. The number of likely N-dealkylation sites (tertiary alicyclic amines) is 1. The summed E-state index contributed by atoms with van der Waals surface area (Å²) in [5.74, 6) is 1.98. The molecule has 0 aromatic heterocycles. The van der Waals surface area contributed by atoms with Crippen molar-refractivity contribution in [3.8, 4) is 23.0 Å². The SMILES string of the molecule is CCOc1ccccc1N1C(=O)C2C=CC=CC2=NC1CN1CCN(C(=O)COc2ccc(OCCOCCOCN3C4CCCC45CC(OC(=O)Nc4cc(C)ccc4OC)CC35)cc2)CC1. The van der Waals surface area contributed by atoms with Gasteiger partial charge in [0.05, 0.1) is 63.3 Å². The maximum Gasteiger partial charge on any atom is 0.412 e. The van der Waals surface area contributed by atoms with E-state index in [0.717, 1.165) is 37.0 Å². The lowest BCUT2D eigenvalue weighted by atomic mass is 9.68. The van der Waals surface area contributed by atoms with Gasteiger partial charge in [0.2, 0.25) is 5.91 Å². The molecule has 4 fully saturated rings. The van der Waals surface area contributed by atoms with Gasteiger partial charge in [-0.05, 0) is 93.3 Å². The summed E-state index contributed by atoms with van der Waals surface area (Å²) in [6.45, 7) is 9.52. The average molecular weight is 933 g/mol. The summed E-state index contributed by atoms with van der Waals surface area (Å²) in [6, 6.07) is 21.3. The van der Waals surface area contributed by atoms with E-state index < -0.39 is 18.2 Å². The van der Waals surface area contributed by atoms with Crippen molar-refractivity contribution in [1.82, 2.24) is 14.7 Å². The number of para-hydroxylation sites is 2. The van der Waals surface area contributed by atoms with Gasteiger partial charge < -0.3 is 38.1 Å². The maximum absolute atomic E-state index is 13.9. The van der Waals surface area contributed by atoms with E-state index in [4.69, 9.17) is 38.2 Å². The van der Waals surface area contributed by atoms with Gasteiger partial charge in [0.25, 0.3) is 5.91 Å². The molecular formula is C52H64N6O10. The Kier molecular flexibility index (Phi) is 15.0. The van der Waals surface area contributed by atoms with Crippen molar-refractivity contribution in [3.63, 3.8) is 0 Å². The molecule has 2 saturated carbocycles. The highest BCUT2D eigenvalue weighted by Gasteiger charge is 2.66. The number of carbonyl (C=O) groups excluding carboxylic acids is 3. The van der Waals surface area contributed by atoms with Crippen molar-refractivity contribution in [3.05, 3.63) is 96.6 Å². The molecule has 16 nitrogen and oxygen atoms in total. The van der Waals surface area contributed by atoms with Gasteiger partial charge in [0.15, 0.2) is 6.61 Å². The number of nitrogens with zero attached hydrogens (tertiary/aromatic N) is 5. The molecule has 3 aliphatic carbocycles. The van der Waals surface area contributed by atoms with Gasteiger partial charge in [0, 0.05) is 56.6 Å². The number of benzene rings is 3. The third kappa shape index (κ3) is 10.4. The molecule has 0 radical (unpaired) electrons. The maximum atomic E-state index is 13.9. The molecule has 3 aliphatic heterocycles. The van der Waals surface area contributed by atoms with E-state index >= 15 is 0 Å². The molecular weight excluding hydrogens is 869 g/mol. The standard InChI is InChI=1S/C52H64N6O10/c1-4-65-45-13-8-7-12-43(45)58-48(53-41-11-6-5-10-40(41)50(58)60)33-55-22-24-56(25-23-55)49(59)34-67-38-18-16-37(17-19-38)66-29-28-63-26-27-64-35-57-46-14-9-21-52(46)32-39(31-47(52)57)68-51(61)54-42-30-36(2)15-20-44(42)62-3/h5-8,10-13,15-20,30,39-40,46-48H,4,9,14,21-29,31-35H2,1-3H3,(H,54,61). The van der Waals surface area contributed by atoms with Gasteiger partial charge in [-0.25, -0.2) is 4.79 Å². The summed E-state index contributed by atoms with van der Waals surface area (Å²) < 4.78 is 40.9. The van der Waals surface area contributed by atoms with Crippen LogP contribution >= 0.6 is 0 Å². The van der Waals surface area contributed by atoms with Gasteiger partial charge in [-0.1, -0.05) is 42.8 Å². The number of amides is 3. The van der Waals surface area contributed by atoms with E-state index in [2.05, 4.69) is 15.1 Å². The number of hydrogen-bond donors (Lipinski definition) is 1. The Morgan fingerprint density at radius 2 is 1.65 bits per heavy atom. The summed E-state index contributed by atoms with van der Waals surface area (Å²) in [5.41, 5.74) is 3.32. The zero-order valence-corrected chi connectivity index (χ0v) is 39.4. The molecule has 6 atom stereocenters. The normalized spacial score (nSPS) is 25.2. The fourth-order valence-electron chi connectivity index (χ4n) is 11.0. The number of ether oxygens (including phenoxy) is 7. The van der Waals surface area contributed by atoms with Gasteiger partial charge in [0.1, 0.15) is 41.9 Å². The van der Waals surface area contributed by atoms with Crippen LogP contribution in [0, 0.1) is 18.3 Å². The van der Waals surface area contributed by atoms with Crippen LogP contribution in [0.4, 0.5) is 16.2 Å². The van der Waals surface area contributed by atoms with Crippen LogP contribution in [0.2, 0.25) is 0 Å². The lowest BCUT2D eigenvalue weighted by Crippen LogP contribution is -2.67. The van der Waals surface area contributed by atoms with E-state index in [9.17, 15) is 14.4 Å². The quantitative estimate of drug-likeness (QED) is 0.123. The smallest absolute Gasteiger partial charge is 0.412 e. The third-order valence-electron chi connectivity index (χ3n) is 14.2. The van der Waals surface area contributed by atoms with Crippen molar-refractivity contribution in [2.45, 2.75) is 70.3 Å². The molecule has 9 rings (SSSR count). The number of allylic oxidation sites excluding steroid dienone is 3. The lowest BCUT2D eigenvalue weighted by molar-refractivity contribution is -0.157. The van der Waals surface area contributed by atoms with Crippen molar-refractivity contribution >= 4 is 35.0 Å². The minimum absolute atomic E-state index is 0.0269. The highest BCUT2D eigenvalue weighted by atomic mass is 16.6. The molecule has 16 heteroatoms. The number of rotatable bonds is 20. The molecule has 3 aromatic rings. The number of piperazine rings is 1. The van der Waals surface area contributed by atoms with Crippen LogP contribution < -0.4 is 29.2 Å². The van der Waals surface area contributed by atoms with E-state index in [1.165, 1.54) is 6.42 Å². The fourth-order valence-corrected chi connectivity index (χ4v) is 11.0. The van der Waals surface area contributed by atoms with Crippen molar-refractivity contribution in [2.24, 2.45) is 16.3 Å². The first-order valence-electron chi connectivity index (χ1n) is 24.1. The third-order valence-corrected chi connectivity index (χ3v) is 14.2. The molecule has 6 unspecified atom stereocenters. The van der Waals surface area contributed by atoms with E-state index in [1.54, 1.807) is 24.1 Å². The van der Waals surface area contributed by atoms with E-state index in [-0.39, 0.29) is 29.9 Å². The summed E-state index contributed by atoms with van der Waals surface area (Å²) in [4.78, 5) is 53.4. The van der Waals surface area contributed by atoms with Crippen molar-refractivity contribution < 1.29 is 47.5 Å². The summed E-state index contributed by atoms with van der Waals surface area (Å²) >= 11 is 0. The lowest BCUT2D eigenvalue weighted by Gasteiger charge is -2.58. The van der Waals surface area contributed by atoms with Crippen LogP contribution in [-0.2, 0) is 23.8 Å². The summed E-state index contributed by atoms with van der Waals surface area (Å²) in [5, 5.41) is 2.88. The highest BCUT2D eigenvalue weighted by Crippen LogP contribution is 2.62.